The second kappa shape index (κ2) is 8.11. The molecule has 22 heavy (non-hydrogen) atoms. The van der Waals surface area contributed by atoms with Crippen molar-refractivity contribution >= 4 is 28.3 Å². The van der Waals surface area contributed by atoms with E-state index in [2.05, 4.69) is 5.32 Å². The molecule has 0 aliphatic heterocycles. The molecule has 2 aromatic carbocycles. The summed E-state index contributed by atoms with van der Waals surface area (Å²) in [6, 6.07) is 14.8. The molecule has 0 spiro atoms. The van der Waals surface area contributed by atoms with Gasteiger partial charge in [0.1, 0.15) is 0 Å². The summed E-state index contributed by atoms with van der Waals surface area (Å²) in [5.74, 6) is 0.332. The molecule has 0 aromatic heterocycles. The number of hydrogen-bond donors (Lipinski definition) is 1. The first-order chi connectivity index (χ1) is 10.5. The maximum atomic E-state index is 12.0. The van der Waals surface area contributed by atoms with E-state index in [1.54, 1.807) is 24.3 Å². The maximum absolute atomic E-state index is 12.0. The average Bonchev–Trinajstić information content (AvgIpc) is 2.50. The van der Waals surface area contributed by atoms with Gasteiger partial charge in [-0.15, -0.1) is 0 Å². The van der Waals surface area contributed by atoms with Crippen LogP contribution in [0.15, 0.2) is 53.4 Å². The molecule has 0 radical (unpaired) electrons. The Hall–Kier alpha value is -1.65. The van der Waals surface area contributed by atoms with Crippen LogP contribution in [0.5, 0.6) is 0 Å². The summed E-state index contributed by atoms with van der Waals surface area (Å²) in [5, 5.41) is 3.42. The third kappa shape index (κ3) is 5.28. The van der Waals surface area contributed by atoms with Gasteiger partial charge < -0.3 is 5.32 Å². The van der Waals surface area contributed by atoms with Crippen LogP contribution < -0.4 is 5.32 Å². The van der Waals surface area contributed by atoms with E-state index in [1.807, 2.05) is 31.2 Å². The van der Waals surface area contributed by atoms with Gasteiger partial charge in [0.25, 0.3) is 0 Å². The van der Waals surface area contributed by atoms with Gasteiger partial charge in [-0.2, -0.15) is 0 Å². The highest BCUT2D eigenvalue weighted by Gasteiger charge is 2.06. The normalized spacial score (nSPS) is 11.9. The van der Waals surface area contributed by atoms with Gasteiger partial charge in [0.2, 0.25) is 5.91 Å². The van der Waals surface area contributed by atoms with Crippen LogP contribution in [0.2, 0.25) is 5.02 Å². The highest BCUT2D eigenvalue weighted by Crippen LogP contribution is 2.12. The van der Waals surface area contributed by atoms with Crippen LogP contribution in [0.4, 0.5) is 0 Å². The number of benzene rings is 2. The first kappa shape index (κ1) is 16.7. The summed E-state index contributed by atoms with van der Waals surface area (Å²) in [5.41, 5.74) is 2.14. The quantitative estimate of drug-likeness (QED) is 0.881. The molecule has 0 fully saturated rings. The number of halogens is 1. The van der Waals surface area contributed by atoms with E-state index < -0.39 is 10.8 Å². The van der Waals surface area contributed by atoms with Crippen LogP contribution in [0.1, 0.15) is 11.1 Å². The Bertz CT molecular complexity index is 653. The van der Waals surface area contributed by atoms with Gasteiger partial charge in [-0.05, 0) is 36.8 Å². The number of amides is 1. The molecular weight excluding hydrogens is 318 g/mol. The van der Waals surface area contributed by atoms with Crippen LogP contribution >= 0.6 is 11.6 Å². The zero-order chi connectivity index (χ0) is 15.9. The Balaban J connectivity index is 1.75. The molecule has 5 heteroatoms. The molecule has 0 saturated heterocycles. The summed E-state index contributed by atoms with van der Waals surface area (Å²) in [4.78, 5) is 12.6. The van der Waals surface area contributed by atoms with Gasteiger partial charge in [-0.25, -0.2) is 0 Å². The van der Waals surface area contributed by atoms with Crippen molar-refractivity contribution in [2.75, 3.05) is 12.3 Å². The van der Waals surface area contributed by atoms with Gasteiger partial charge in [0, 0.05) is 22.2 Å². The summed E-state index contributed by atoms with van der Waals surface area (Å²) in [6.07, 6.45) is 0.341. The number of aryl methyl sites for hydroxylation is 1. The van der Waals surface area contributed by atoms with E-state index in [4.69, 9.17) is 11.6 Å². The minimum Gasteiger partial charge on any atom is -0.355 e. The Labute approximate surface area is 138 Å². The number of rotatable bonds is 6. The smallest absolute Gasteiger partial charge is 0.224 e. The molecule has 0 heterocycles. The Morgan fingerprint density at radius 3 is 2.36 bits per heavy atom. The van der Waals surface area contributed by atoms with E-state index in [0.29, 0.717) is 23.7 Å². The fourth-order valence-electron chi connectivity index (χ4n) is 1.94. The van der Waals surface area contributed by atoms with Crippen molar-refractivity contribution in [2.24, 2.45) is 0 Å². The molecular formula is C17H18ClNO2S. The number of carbonyl (C=O) groups is 1. The van der Waals surface area contributed by atoms with E-state index >= 15 is 0 Å². The lowest BCUT2D eigenvalue weighted by molar-refractivity contribution is -0.120. The molecule has 116 valence electrons. The molecule has 1 N–H and O–H groups in total. The lowest BCUT2D eigenvalue weighted by Crippen LogP contribution is -2.29. The first-order valence-corrected chi connectivity index (χ1v) is 8.70. The molecule has 0 bridgehead atoms. The van der Waals surface area contributed by atoms with Gasteiger partial charge >= 0.3 is 0 Å². The molecule has 2 rings (SSSR count). The molecule has 1 atom stereocenters. The van der Waals surface area contributed by atoms with Crippen molar-refractivity contribution in [1.29, 1.82) is 0 Å². The molecule has 0 aliphatic carbocycles. The highest BCUT2D eigenvalue weighted by atomic mass is 35.5. The standard InChI is InChI=1S/C17H18ClNO2S/c1-13-2-4-14(5-3-13)12-17(20)19-10-11-22(21)16-8-6-15(18)7-9-16/h2-9H,10-12H2,1H3,(H,19,20)/t22-/m1/s1. The largest absolute Gasteiger partial charge is 0.355 e. The van der Waals surface area contributed by atoms with Gasteiger partial charge in [-0.1, -0.05) is 41.4 Å². The lowest BCUT2D eigenvalue weighted by atomic mass is 10.1. The van der Waals surface area contributed by atoms with E-state index in [1.165, 1.54) is 5.56 Å². The number of nitrogens with one attached hydrogen (secondary N) is 1. The predicted octanol–water partition coefficient (Wildman–Crippen LogP) is 3.11. The summed E-state index contributed by atoms with van der Waals surface area (Å²) >= 11 is 5.79. The summed E-state index contributed by atoms with van der Waals surface area (Å²) in [6.45, 7) is 2.40. The van der Waals surface area contributed by atoms with Crippen molar-refractivity contribution in [1.82, 2.24) is 5.32 Å². The predicted molar refractivity (Wildman–Crippen MR) is 90.6 cm³/mol. The average molecular weight is 336 g/mol. The minimum absolute atomic E-state index is 0.0584. The van der Waals surface area contributed by atoms with Gasteiger partial charge in [-0.3, -0.25) is 9.00 Å². The van der Waals surface area contributed by atoms with E-state index in [-0.39, 0.29) is 5.91 Å². The minimum atomic E-state index is -1.13. The van der Waals surface area contributed by atoms with Crippen LogP contribution in [0, 0.1) is 6.92 Å². The van der Waals surface area contributed by atoms with Crippen molar-refractivity contribution in [3.05, 3.63) is 64.7 Å². The fraction of sp³-hybridized carbons (Fsp3) is 0.235. The van der Waals surface area contributed by atoms with Crippen LogP contribution in [0.25, 0.3) is 0 Å². The zero-order valence-electron chi connectivity index (χ0n) is 12.3. The van der Waals surface area contributed by atoms with Crippen LogP contribution in [-0.4, -0.2) is 22.4 Å². The summed E-state index contributed by atoms with van der Waals surface area (Å²) < 4.78 is 12.0. The fourth-order valence-corrected chi connectivity index (χ4v) is 3.03. The van der Waals surface area contributed by atoms with Crippen molar-refractivity contribution in [3.63, 3.8) is 0 Å². The third-order valence-electron chi connectivity index (χ3n) is 3.17. The van der Waals surface area contributed by atoms with Crippen molar-refractivity contribution < 1.29 is 9.00 Å². The lowest BCUT2D eigenvalue weighted by Gasteiger charge is -2.06. The Kier molecular flexibility index (Phi) is 6.16. The Morgan fingerprint density at radius 2 is 1.73 bits per heavy atom. The SMILES string of the molecule is Cc1ccc(CC(=O)NCC[S@@](=O)c2ccc(Cl)cc2)cc1. The zero-order valence-corrected chi connectivity index (χ0v) is 13.9. The third-order valence-corrected chi connectivity index (χ3v) is 4.80. The summed E-state index contributed by atoms with van der Waals surface area (Å²) in [7, 11) is -1.13. The molecule has 3 nitrogen and oxygen atoms in total. The molecule has 0 saturated carbocycles. The number of hydrogen-bond acceptors (Lipinski definition) is 2. The maximum Gasteiger partial charge on any atom is 0.224 e. The van der Waals surface area contributed by atoms with E-state index in [0.717, 1.165) is 10.5 Å². The molecule has 0 aliphatic rings. The van der Waals surface area contributed by atoms with Crippen molar-refractivity contribution in [3.8, 4) is 0 Å². The topological polar surface area (TPSA) is 46.2 Å². The van der Waals surface area contributed by atoms with Crippen LogP contribution in [-0.2, 0) is 22.0 Å². The molecule has 1 amide bonds. The monoisotopic (exact) mass is 335 g/mol. The molecule has 2 aromatic rings. The number of carbonyl (C=O) groups excluding carboxylic acids is 1. The van der Waals surface area contributed by atoms with Crippen LogP contribution in [0.3, 0.4) is 0 Å². The second-order valence-corrected chi connectivity index (χ2v) is 7.02. The van der Waals surface area contributed by atoms with Crippen molar-refractivity contribution in [2.45, 2.75) is 18.2 Å². The Morgan fingerprint density at radius 1 is 1.09 bits per heavy atom. The molecule has 0 unspecified atom stereocenters. The second-order valence-electron chi connectivity index (χ2n) is 5.02. The van der Waals surface area contributed by atoms with Gasteiger partial charge in [0.05, 0.1) is 17.2 Å². The van der Waals surface area contributed by atoms with Gasteiger partial charge in [0.15, 0.2) is 0 Å². The highest BCUT2D eigenvalue weighted by molar-refractivity contribution is 7.85. The first-order valence-electron chi connectivity index (χ1n) is 7.01. The van der Waals surface area contributed by atoms with E-state index in [9.17, 15) is 9.00 Å².